The van der Waals surface area contributed by atoms with Crippen molar-refractivity contribution >= 4 is 11.9 Å². The van der Waals surface area contributed by atoms with E-state index in [2.05, 4.69) is 0 Å². The van der Waals surface area contributed by atoms with Crippen LogP contribution < -0.4 is 0 Å². The lowest BCUT2D eigenvalue weighted by Gasteiger charge is -2.35. The summed E-state index contributed by atoms with van der Waals surface area (Å²) in [5.74, 6) is -1.82. The predicted octanol–water partition coefficient (Wildman–Crippen LogP) is 0.973. The Morgan fingerprint density at radius 1 is 1.17 bits per heavy atom. The van der Waals surface area contributed by atoms with Gasteiger partial charge in [-0.25, -0.2) is 0 Å². The van der Waals surface area contributed by atoms with Crippen LogP contribution in [0.25, 0.3) is 0 Å². The highest BCUT2D eigenvalue weighted by atomic mass is 16.4. The Bertz CT molecular complexity index is 429. The van der Waals surface area contributed by atoms with E-state index in [0.29, 0.717) is 13.0 Å². The van der Waals surface area contributed by atoms with Crippen LogP contribution in [0.3, 0.4) is 0 Å². The van der Waals surface area contributed by atoms with Gasteiger partial charge in [0.15, 0.2) is 0 Å². The number of rotatable bonds is 4. The van der Waals surface area contributed by atoms with Crippen molar-refractivity contribution in [3.05, 3.63) is 35.4 Å². The van der Waals surface area contributed by atoms with Gasteiger partial charge >= 0.3 is 11.9 Å². The molecule has 0 spiro atoms. The maximum absolute atomic E-state index is 10.8. The summed E-state index contributed by atoms with van der Waals surface area (Å²) in [4.78, 5) is 23.4. The van der Waals surface area contributed by atoms with Crippen molar-refractivity contribution in [2.45, 2.75) is 25.4 Å². The second-order valence-electron chi connectivity index (χ2n) is 4.52. The van der Waals surface area contributed by atoms with E-state index < -0.39 is 11.9 Å². The molecule has 96 valence electrons. The Balaban J connectivity index is 2.21. The van der Waals surface area contributed by atoms with Gasteiger partial charge in [-0.3, -0.25) is 14.5 Å². The van der Waals surface area contributed by atoms with Crippen LogP contribution in [0.4, 0.5) is 0 Å². The van der Waals surface area contributed by atoms with E-state index in [1.807, 2.05) is 24.3 Å². The molecule has 1 aromatic carbocycles. The largest absolute Gasteiger partial charge is 0.481 e. The van der Waals surface area contributed by atoms with Crippen LogP contribution in [0.5, 0.6) is 0 Å². The molecule has 5 heteroatoms. The molecule has 0 bridgehead atoms. The van der Waals surface area contributed by atoms with E-state index in [9.17, 15) is 9.59 Å². The van der Waals surface area contributed by atoms with Crippen molar-refractivity contribution in [2.24, 2.45) is 0 Å². The highest BCUT2D eigenvalue weighted by Crippen LogP contribution is 2.24. The summed E-state index contributed by atoms with van der Waals surface area (Å²) in [7, 11) is 0. The van der Waals surface area contributed by atoms with Gasteiger partial charge in [0.25, 0.3) is 0 Å². The Morgan fingerprint density at radius 2 is 1.83 bits per heavy atom. The summed E-state index contributed by atoms with van der Waals surface area (Å²) in [6, 6.07) is 7.52. The molecular formula is C13H15NO4. The number of carboxylic acids is 2. The molecule has 1 atom stereocenters. The first kappa shape index (κ1) is 12.6. The highest BCUT2D eigenvalue weighted by Gasteiger charge is 2.28. The maximum Gasteiger partial charge on any atom is 0.317 e. The summed E-state index contributed by atoms with van der Waals surface area (Å²) in [5.41, 5.74) is 2.20. The molecule has 0 saturated heterocycles. The minimum absolute atomic E-state index is 0.0262. The van der Waals surface area contributed by atoms with Gasteiger partial charge in [-0.1, -0.05) is 24.3 Å². The normalized spacial score (nSPS) is 19.2. The number of hydrogen-bond acceptors (Lipinski definition) is 3. The first-order valence-corrected chi connectivity index (χ1v) is 5.80. The van der Waals surface area contributed by atoms with Gasteiger partial charge in [-0.2, -0.15) is 0 Å². The van der Waals surface area contributed by atoms with Crippen molar-refractivity contribution < 1.29 is 19.8 Å². The molecule has 0 aromatic heterocycles. The molecule has 1 heterocycles. The van der Waals surface area contributed by atoms with E-state index >= 15 is 0 Å². The number of carboxylic acid groups (broad SMARTS) is 2. The van der Waals surface area contributed by atoms with E-state index in [1.54, 1.807) is 4.90 Å². The first-order valence-electron chi connectivity index (χ1n) is 5.80. The lowest BCUT2D eigenvalue weighted by Crippen LogP contribution is -2.44. The van der Waals surface area contributed by atoms with Crippen LogP contribution in [-0.2, 0) is 22.6 Å². The van der Waals surface area contributed by atoms with Crippen LogP contribution in [0.1, 0.15) is 17.5 Å². The second-order valence-corrected chi connectivity index (χ2v) is 4.52. The Morgan fingerprint density at radius 3 is 2.44 bits per heavy atom. The van der Waals surface area contributed by atoms with Crippen LogP contribution in [-0.4, -0.2) is 39.6 Å². The van der Waals surface area contributed by atoms with Gasteiger partial charge in [0.2, 0.25) is 0 Å². The van der Waals surface area contributed by atoms with Gasteiger partial charge in [-0.05, 0) is 17.5 Å². The Hall–Kier alpha value is -1.88. The van der Waals surface area contributed by atoms with E-state index in [0.717, 1.165) is 11.1 Å². The standard InChI is InChI=1S/C13H15NO4/c15-12(16)6-11-5-9-3-1-2-4-10(9)7-14(11)8-13(17)18/h1-4,11H,5-8H2,(H,15,16)(H,17,18). The zero-order valence-corrected chi connectivity index (χ0v) is 9.87. The van der Waals surface area contributed by atoms with E-state index in [4.69, 9.17) is 10.2 Å². The number of hydrogen-bond donors (Lipinski definition) is 2. The maximum atomic E-state index is 10.8. The molecule has 5 nitrogen and oxygen atoms in total. The van der Waals surface area contributed by atoms with E-state index in [1.165, 1.54) is 0 Å². The van der Waals surface area contributed by atoms with Crippen molar-refractivity contribution in [1.82, 2.24) is 4.90 Å². The topological polar surface area (TPSA) is 77.8 Å². The fraction of sp³-hybridized carbons (Fsp3) is 0.385. The molecule has 1 aromatic rings. The lowest BCUT2D eigenvalue weighted by molar-refractivity contribution is -0.143. The van der Waals surface area contributed by atoms with E-state index in [-0.39, 0.29) is 19.0 Å². The monoisotopic (exact) mass is 249 g/mol. The van der Waals surface area contributed by atoms with Crippen molar-refractivity contribution in [3.63, 3.8) is 0 Å². The summed E-state index contributed by atoms with van der Waals surface area (Å²) < 4.78 is 0. The van der Waals surface area contributed by atoms with Gasteiger partial charge < -0.3 is 10.2 Å². The number of nitrogens with zero attached hydrogens (tertiary/aromatic N) is 1. The number of carbonyl (C=O) groups is 2. The number of fused-ring (bicyclic) bond motifs is 1. The zero-order valence-electron chi connectivity index (χ0n) is 9.87. The molecule has 1 aliphatic rings. The third kappa shape index (κ3) is 2.87. The molecule has 18 heavy (non-hydrogen) atoms. The molecule has 0 radical (unpaired) electrons. The van der Waals surface area contributed by atoms with Crippen LogP contribution in [0.15, 0.2) is 24.3 Å². The average Bonchev–Trinajstić information content (AvgIpc) is 2.28. The summed E-state index contributed by atoms with van der Waals surface area (Å²) >= 11 is 0. The molecule has 0 fully saturated rings. The summed E-state index contributed by atoms with van der Waals surface area (Å²) in [5, 5.41) is 17.8. The molecule has 0 aliphatic carbocycles. The Labute approximate surface area is 105 Å². The first-order chi connectivity index (χ1) is 8.56. The SMILES string of the molecule is O=C(O)CC1Cc2ccccc2CN1CC(=O)O. The second kappa shape index (κ2) is 5.18. The van der Waals surface area contributed by atoms with Crippen molar-refractivity contribution in [2.75, 3.05) is 6.54 Å². The number of aliphatic carboxylic acids is 2. The molecule has 0 saturated carbocycles. The minimum Gasteiger partial charge on any atom is -0.481 e. The molecule has 2 N–H and O–H groups in total. The van der Waals surface area contributed by atoms with Crippen molar-refractivity contribution in [1.29, 1.82) is 0 Å². The quantitative estimate of drug-likeness (QED) is 0.831. The summed E-state index contributed by atoms with van der Waals surface area (Å²) in [6.07, 6.45) is 0.567. The van der Waals surface area contributed by atoms with Crippen LogP contribution in [0.2, 0.25) is 0 Å². The number of benzene rings is 1. The third-order valence-corrected chi connectivity index (χ3v) is 3.21. The van der Waals surface area contributed by atoms with Gasteiger partial charge in [0, 0.05) is 12.6 Å². The third-order valence-electron chi connectivity index (χ3n) is 3.21. The fourth-order valence-corrected chi connectivity index (χ4v) is 2.40. The molecular weight excluding hydrogens is 234 g/mol. The molecule has 2 rings (SSSR count). The average molecular weight is 249 g/mol. The smallest absolute Gasteiger partial charge is 0.317 e. The van der Waals surface area contributed by atoms with Gasteiger partial charge in [0.1, 0.15) is 0 Å². The van der Waals surface area contributed by atoms with Gasteiger partial charge in [-0.15, -0.1) is 0 Å². The fourth-order valence-electron chi connectivity index (χ4n) is 2.40. The highest BCUT2D eigenvalue weighted by molar-refractivity contribution is 5.70. The minimum atomic E-state index is -0.926. The predicted molar refractivity (Wildman–Crippen MR) is 64.2 cm³/mol. The molecule has 1 unspecified atom stereocenters. The van der Waals surface area contributed by atoms with Crippen molar-refractivity contribution in [3.8, 4) is 0 Å². The van der Waals surface area contributed by atoms with Crippen LogP contribution >= 0.6 is 0 Å². The Kier molecular flexibility index (Phi) is 3.62. The van der Waals surface area contributed by atoms with Gasteiger partial charge in [0.05, 0.1) is 13.0 Å². The molecule has 1 aliphatic heterocycles. The molecule has 0 amide bonds. The summed E-state index contributed by atoms with van der Waals surface area (Å²) in [6.45, 7) is 0.382. The lowest BCUT2D eigenvalue weighted by atomic mass is 9.92. The van der Waals surface area contributed by atoms with Crippen LogP contribution in [0, 0.1) is 0 Å². The zero-order chi connectivity index (χ0) is 13.1.